The number of fused-ring (bicyclic) bond motifs is 1. The van der Waals surface area contributed by atoms with Crippen molar-refractivity contribution >= 4 is 26.6 Å². The second kappa shape index (κ2) is 7.03. The number of benzene rings is 1. The van der Waals surface area contributed by atoms with Gasteiger partial charge in [-0.15, -0.1) is 0 Å². The van der Waals surface area contributed by atoms with Crippen LogP contribution in [0.3, 0.4) is 0 Å². The predicted molar refractivity (Wildman–Crippen MR) is 94.3 cm³/mol. The second-order valence-corrected chi connectivity index (χ2v) is 8.44. The van der Waals surface area contributed by atoms with Crippen LogP contribution in [0.2, 0.25) is 0 Å². The van der Waals surface area contributed by atoms with Crippen molar-refractivity contribution < 1.29 is 21.6 Å². The number of hydrogen-bond donors (Lipinski definition) is 2. The quantitative estimate of drug-likeness (QED) is 0.825. The van der Waals surface area contributed by atoms with Gasteiger partial charge in [0, 0.05) is 29.9 Å². The monoisotopic (exact) mass is 387 g/mol. The average molecular weight is 387 g/mol. The first-order valence-electron chi connectivity index (χ1n) is 8.30. The minimum atomic E-state index is -4.41. The van der Waals surface area contributed by atoms with Crippen molar-refractivity contribution in [3.05, 3.63) is 36.0 Å². The lowest BCUT2D eigenvalue weighted by Crippen LogP contribution is -2.38. The molecule has 0 saturated heterocycles. The second-order valence-electron chi connectivity index (χ2n) is 6.66. The summed E-state index contributed by atoms with van der Waals surface area (Å²) in [6.07, 6.45) is 0.808. The standard InChI is InChI=1S/C17H20F3N3O2S/c1-26(24,25)23-14-4-2-3-11(14)10-22-15-7-8-21-16-9-12(17(18,19)20)5-6-13(15)16/h5-9,11,14,23H,2-4,10H2,1H3,(H,21,22). The summed E-state index contributed by atoms with van der Waals surface area (Å²) < 4.78 is 64.1. The van der Waals surface area contributed by atoms with Crippen molar-refractivity contribution in [1.82, 2.24) is 9.71 Å². The number of hydrogen-bond acceptors (Lipinski definition) is 4. The zero-order chi connectivity index (χ0) is 18.9. The number of nitrogens with one attached hydrogen (secondary N) is 2. The van der Waals surface area contributed by atoms with E-state index in [0.29, 0.717) is 17.6 Å². The van der Waals surface area contributed by atoms with Gasteiger partial charge in [0.15, 0.2) is 0 Å². The molecule has 0 amide bonds. The summed E-state index contributed by atoms with van der Waals surface area (Å²) in [7, 11) is -3.27. The normalized spacial score (nSPS) is 21.2. The van der Waals surface area contributed by atoms with E-state index in [-0.39, 0.29) is 17.5 Å². The van der Waals surface area contributed by atoms with Crippen LogP contribution in [0.25, 0.3) is 10.9 Å². The van der Waals surface area contributed by atoms with Crippen LogP contribution in [0.15, 0.2) is 30.5 Å². The maximum Gasteiger partial charge on any atom is 0.416 e. The van der Waals surface area contributed by atoms with E-state index in [9.17, 15) is 21.6 Å². The van der Waals surface area contributed by atoms with E-state index in [1.165, 1.54) is 12.3 Å². The van der Waals surface area contributed by atoms with Gasteiger partial charge in [0.05, 0.1) is 17.3 Å². The molecule has 1 saturated carbocycles. The Morgan fingerprint density at radius 2 is 2.00 bits per heavy atom. The summed E-state index contributed by atoms with van der Waals surface area (Å²) in [5.74, 6) is 0.127. The van der Waals surface area contributed by atoms with E-state index in [2.05, 4.69) is 15.0 Å². The van der Waals surface area contributed by atoms with E-state index >= 15 is 0 Å². The van der Waals surface area contributed by atoms with Gasteiger partial charge in [-0.05, 0) is 37.0 Å². The molecule has 26 heavy (non-hydrogen) atoms. The highest BCUT2D eigenvalue weighted by Crippen LogP contribution is 2.33. The molecule has 5 nitrogen and oxygen atoms in total. The molecule has 1 aliphatic rings. The topological polar surface area (TPSA) is 71.1 Å². The third-order valence-electron chi connectivity index (χ3n) is 4.65. The molecule has 0 bridgehead atoms. The lowest BCUT2D eigenvalue weighted by Gasteiger charge is -2.21. The molecule has 0 aliphatic heterocycles. The third-order valence-corrected chi connectivity index (χ3v) is 5.38. The molecule has 142 valence electrons. The number of nitrogens with zero attached hydrogens (tertiary/aromatic N) is 1. The molecule has 9 heteroatoms. The van der Waals surface area contributed by atoms with Crippen LogP contribution in [0.4, 0.5) is 18.9 Å². The number of aromatic nitrogens is 1. The van der Waals surface area contributed by atoms with E-state index < -0.39 is 21.8 Å². The minimum Gasteiger partial charge on any atom is -0.384 e. The molecular formula is C17H20F3N3O2S. The summed E-state index contributed by atoms with van der Waals surface area (Å²) in [5, 5.41) is 3.85. The molecular weight excluding hydrogens is 367 g/mol. The van der Waals surface area contributed by atoms with Crippen molar-refractivity contribution in [2.24, 2.45) is 5.92 Å². The minimum absolute atomic E-state index is 0.123. The number of anilines is 1. The van der Waals surface area contributed by atoms with Crippen molar-refractivity contribution in [1.29, 1.82) is 0 Å². The molecule has 1 aliphatic carbocycles. The summed E-state index contributed by atoms with van der Waals surface area (Å²) in [5.41, 5.74) is 0.221. The average Bonchev–Trinajstić information content (AvgIpc) is 2.96. The van der Waals surface area contributed by atoms with Gasteiger partial charge >= 0.3 is 6.18 Å². The zero-order valence-electron chi connectivity index (χ0n) is 14.2. The van der Waals surface area contributed by atoms with Crippen molar-refractivity contribution in [2.45, 2.75) is 31.5 Å². The Morgan fingerprint density at radius 3 is 2.69 bits per heavy atom. The number of alkyl halides is 3. The Hall–Kier alpha value is -1.87. The molecule has 1 fully saturated rings. The van der Waals surface area contributed by atoms with E-state index in [1.807, 2.05) is 0 Å². The zero-order valence-corrected chi connectivity index (χ0v) is 15.0. The summed E-state index contributed by atoms with van der Waals surface area (Å²) in [6.45, 7) is 0.535. The van der Waals surface area contributed by atoms with Crippen molar-refractivity contribution in [2.75, 3.05) is 18.1 Å². The van der Waals surface area contributed by atoms with Gasteiger partial charge in [-0.25, -0.2) is 13.1 Å². The largest absolute Gasteiger partial charge is 0.416 e. The predicted octanol–water partition coefficient (Wildman–Crippen LogP) is 3.38. The maximum atomic E-state index is 12.8. The molecule has 1 heterocycles. The fourth-order valence-electron chi connectivity index (χ4n) is 3.43. The van der Waals surface area contributed by atoms with Crippen LogP contribution >= 0.6 is 0 Å². The van der Waals surface area contributed by atoms with Crippen LogP contribution in [-0.4, -0.2) is 32.2 Å². The summed E-state index contributed by atoms with van der Waals surface area (Å²) in [6, 6.07) is 5.07. The van der Waals surface area contributed by atoms with Crippen LogP contribution in [0, 0.1) is 5.92 Å². The van der Waals surface area contributed by atoms with E-state index in [1.54, 1.807) is 6.07 Å². The first-order valence-corrected chi connectivity index (χ1v) is 10.2. The summed E-state index contributed by atoms with van der Waals surface area (Å²) >= 11 is 0. The molecule has 1 aromatic heterocycles. The Balaban J connectivity index is 1.77. The molecule has 2 unspecified atom stereocenters. The highest BCUT2D eigenvalue weighted by Gasteiger charge is 2.31. The lowest BCUT2D eigenvalue weighted by atomic mass is 10.0. The first kappa shape index (κ1) is 18.9. The van der Waals surface area contributed by atoms with E-state index in [0.717, 1.165) is 37.7 Å². The number of halogens is 3. The number of rotatable bonds is 5. The lowest BCUT2D eigenvalue weighted by molar-refractivity contribution is -0.137. The first-order chi connectivity index (χ1) is 12.1. The molecule has 1 aromatic carbocycles. The SMILES string of the molecule is CS(=O)(=O)NC1CCCC1CNc1ccnc2cc(C(F)(F)F)ccc12. The van der Waals surface area contributed by atoms with Gasteiger partial charge < -0.3 is 5.32 Å². The Kier molecular flexibility index (Phi) is 5.12. The third kappa shape index (κ3) is 4.45. The van der Waals surface area contributed by atoms with Gasteiger partial charge in [0.2, 0.25) is 10.0 Å². The molecule has 0 radical (unpaired) electrons. The molecule has 3 rings (SSSR count). The van der Waals surface area contributed by atoms with Gasteiger partial charge in [0.1, 0.15) is 0 Å². The Morgan fingerprint density at radius 1 is 1.23 bits per heavy atom. The molecule has 2 aromatic rings. The van der Waals surface area contributed by atoms with Crippen LogP contribution in [0.1, 0.15) is 24.8 Å². The smallest absolute Gasteiger partial charge is 0.384 e. The van der Waals surface area contributed by atoms with E-state index in [4.69, 9.17) is 0 Å². The van der Waals surface area contributed by atoms with Crippen molar-refractivity contribution in [3.63, 3.8) is 0 Å². The Bertz CT molecular complexity index is 900. The molecule has 2 N–H and O–H groups in total. The van der Waals surface area contributed by atoms with Gasteiger partial charge in [-0.3, -0.25) is 4.98 Å². The maximum absolute atomic E-state index is 12.8. The van der Waals surface area contributed by atoms with Crippen LogP contribution < -0.4 is 10.0 Å². The molecule has 0 spiro atoms. The number of sulfonamides is 1. The van der Waals surface area contributed by atoms with Gasteiger partial charge in [-0.2, -0.15) is 13.2 Å². The number of pyridine rings is 1. The highest BCUT2D eigenvalue weighted by molar-refractivity contribution is 7.88. The summed E-state index contributed by atoms with van der Waals surface area (Å²) in [4.78, 5) is 4.03. The fraction of sp³-hybridized carbons (Fsp3) is 0.471. The Labute approximate surface area is 150 Å². The molecule has 2 atom stereocenters. The van der Waals surface area contributed by atoms with Crippen LogP contribution in [0.5, 0.6) is 0 Å². The van der Waals surface area contributed by atoms with Crippen LogP contribution in [-0.2, 0) is 16.2 Å². The van der Waals surface area contributed by atoms with Crippen molar-refractivity contribution in [3.8, 4) is 0 Å². The fourth-order valence-corrected chi connectivity index (χ4v) is 4.29. The van der Waals surface area contributed by atoms with Gasteiger partial charge in [-0.1, -0.05) is 12.5 Å². The highest BCUT2D eigenvalue weighted by atomic mass is 32.2. The van der Waals surface area contributed by atoms with Gasteiger partial charge in [0.25, 0.3) is 0 Å².